The lowest BCUT2D eigenvalue weighted by atomic mass is 9.99. The average Bonchev–Trinajstić information content (AvgIpc) is 2.82. The van der Waals surface area contributed by atoms with Gasteiger partial charge < -0.3 is 5.32 Å². The van der Waals surface area contributed by atoms with Crippen molar-refractivity contribution < 1.29 is 4.79 Å². The predicted octanol–water partition coefficient (Wildman–Crippen LogP) is 6.56. The molecule has 1 aromatic heterocycles. The zero-order valence-corrected chi connectivity index (χ0v) is 17.2. The molecule has 3 aromatic carbocycles. The fourth-order valence-electron chi connectivity index (χ4n) is 3.77. The zero-order valence-electron chi connectivity index (χ0n) is 17.2. The Bertz CT molecular complexity index is 1120. The summed E-state index contributed by atoms with van der Waals surface area (Å²) in [6.45, 7) is 2.17. The van der Waals surface area contributed by atoms with Crippen LogP contribution in [0.25, 0.3) is 22.2 Å². The number of unbranched alkanes of at least 4 members (excludes halogenated alkanes) is 1. The van der Waals surface area contributed by atoms with E-state index in [9.17, 15) is 4.79 Å². The molecule has 0 saturated carbocycles. The van der Waals surface area contributed by atoms with Gasteiger partial charge in [-0.3, -0.25) is 4.79 Å². The van der Waals surface area contributed by atoms with Crippen LogP contribution in [0.5, 0.6) is 0 Å². The van der Waals surface area contributed by atoms with Crippen molar-refractivity contribution in [3.05, 3.63) is 102 Å². The van der Waals surface area contributed by atoms with E-state index in [1.54, 1.807) is 0 Å². The molecule has 4 aromatic rings. The molecule has 0 spiro atoms. The van der Waals surface area contributed by atoms with Gasteiger partial charge >= 0.3 is 0 Å². The molecule has 0 bridgehead atoms. The molecule has 4 rings (SSSR count). The van der Waals surface area contributed by atoms with Gasteiger partial charge in [0, 0.05) is 10.9 Å². The minimum atomic E-state index is -0.0595. The van der Waals surface area contributed by atoms with Crippen molar-refractivity contribution in [3.8, 4) is 11.3 Å². The summed E-state index contributed by atoms with van der Waals surface area (Å²) >= 11 is 0. The van der Waals surface area contributed by atoms with E-state index in [2.05, 4.69) is 24.4 Å². The Morgan fingerprint density at radius 3 is 2.30 bits per heavy atom. The van der Waals surface area contributed by atoms with Crippen LogP contribution >= 0.6 is 0 Å². The van der Waals surface area contributed by atoms with Gasteiger partial charge in [0.1, 0.15) is 0 Å². The fraction of sp³-hybridized carbons (Fsp3) is 0.185. The molecule has 3 nitrogen and oxygen atoms in total. The minimum Gasteiger partial charge on any atom is -0.345 e. The predicted molar refractivity (Wildman–Crippen MR) is 123 cm³/mol. The number of carbonyl (C=O) groups excluding carboxylic acids is 1. The number of pyridine rings is 1. The summed E-state index contributed by atoms with van der Waals surface area (Å²) in [6.07, 6.45) is 3.07. The Labute approximate surface area is 177 Å². The lowest BCUT2D eigenvalue weighted by Gasteiger charge is -2.20. The first-order chi connectivity index (χ1) is 14.8. The van der Waals surface area contributed by atoms with Gasteiger partial charge in [-0.15, -0.1) is 0 Å². The third kappa shape index (κ3) is 4.41. The number of benzene rings is 3. The molecule has 1 amide bonds. The normalized spacial score (nSPS) is 11.9. The largest absolute Gasteiger partial charge is 0.345 e. The number of nitrogens with zero attached hydrogens (tertiary/aromatic N) is 1. The van der Waals surface area contributed by atoms with Gasteiger partial charge in [0.25, 0.3) is 5.91 Å². The number of aromatic nitrogens is 1. The number of fused-ring (bicyclic) bond motifs is 1. The van der Waals surface area contributed by atoms with Crippen molar-refractivity contribution in [2.24, 2.45) is 0 Å². The third-order valence-electron chi connectivity index (χ3n) is 5.38. The van der Waals surface area contributed by atoms with E-state index in [1.165, 1.54) is 0 Å². The van der Waals surface area contributed by atoms with Crippen molar-refractivity contribution in [1.29, 1.82) is 0 Å². The molecule has 0 saturated heterocycles. The molecule has 0 aliphatic heterocycles. The lowest BCUT2D eigenvalue weighted by molar-refractivity contribution is 0.0935. The molecule has 1 heterocycles. The summed E-state index contributed by atoms with van der Waals surface area (Å²) in [4.78, 5) is 18.2. The van der Waals surface area contributed by atoms with Crippen LogP contribution in [0, 0.1) is 0 Å². The Morgan fingerprint density at radius 2 is 1.57 bits per heavy atom. The average molecular weight is 395 g/mol. The van der Waals surface area contributed by atoms with Crippen LogP contribution in [0.2, 0.25) is 0 Å². The summed E-state index contributed by atoms with van der Waals surface area (Å²) in [5, 5.41) is 4.16. The van der Waals surface area contributed by atoms with Crippen LogP contribution in [-0.2, 0) is 0 Å². The van der Waals surface area contributed by atoms with Gasteiger partial charge in [-0.25, -0.2) is 4.98 Å². The maximum absolute atomic E-state index is 13.5. The van der Waals surface area contributed by atoms with Gasteiger partial charge in [0.05, 0.1) is 22.8 Å². The van der Waals surface area contributed by atoms with Crippen LogP contribution in [0.1, 0.15) is 48.1 Å². The van der Waals surface area contributed by atoms with E-state index in [4.69, 9.17) is 4.98 Å². The monoisotopic (exact) mass is 394 g/mol. The summed E-state index contributed by atoms with van der Waals surface area (Å²) in [7, 11) is 0. The van der Waals surface area contributed by atoms with E-state index < -0.39 is 0 Å². The molecular formula is C27H26N2O. The highest BCUT2D eigenvalue weighted by Gasteiger charge is 2.18. The van der Waals surface area contributed by atoms with Crippen molar-refractivity contribution in [2.45, 2.75) is 32.2 Å². The number of rotatable bonds is 7. The van der Waals surface area contributed by atoms with Gasteiger partial charge in [-0.05, 0) is 24.1 Å². The van der Waals surface area contributed by atoms with Gasteiger partial charge in [0.2, 0.25) is 0 Å². The highest BCUT2D eigenvalue weighted by atomic mass is 16.1. The molecular weight excluding hydrogens is 368 g/mol. The summed E-state index contributed by atoms with van der Waals surface area (Å²) in [6, 6.07) is 30.0. The number of hydrogen-bond acceptors (Lipinski definition) is 2. The maximum Gasteiger partial charge on any atom is 0.252 e. The highest BCUT2D eigenvalue weighted by molar-refractivity contribution is 6.07. The van der Waals surface area contributed by atoms with Crippen LogP contribution in [0.3, 0.4) is 0 Å². The number of nitrogens with one attached hydrogen (secondary N) is 1. The first-order valence-corrected chi connectivity index (χ1v) is 10.6. The molecule has 1 unspecified atom stereocenters. The molecule has 0 radical (unpaired) electrons. The fourth-order valence-corrected chi connectivity index (χ4v) is 3.77. The van der Waals surface area contributed by atoms with Crippen LogP contribution in [0.4, 0.5) is 0 Å². The summed E-state index contributed by atoms with van der Waals surface area (Å²) < 4.78 is 0. The van der Waals surface area contributed by atoms with E-state index >= 15 is 0 Å². The van der Waals surface area contributed by atoms with Crippen LogP contribution in [0.15, 0.2) is 91.0 Å². The second-order valence-corrected chi connectivity index (χ2v) is 7.52. The zero-order chi connectivity index (χ0) is 20.8. The smallest absolute Gasteiger partial charge is 0.252 e. The van der Waals surface area contributed by atoms with Gasteiger partial charge in [-0.2, -0.15) is 0 Å². The molecule has 0 aliphatic carbocycles. The Balaban J connectivity index is 1.72. The van der Waals surface area contributed by atoms with Crippen molar-refractivity contribution in [2.75, 3.05) is 0 Å². The molecule has 30 heavy (non-hydrogen) atoms. The Morgan fingerprint density at radius 1 is 0.900 bits per heavy atom. The number of amides is 1. The molecule has 1 atom stereocenters. The van der Waals surface area contributed by atoms with Crippen LogP contribution in [-0.4, -0.2) is 10.9 Å². The minimum absolute atomic E-state index is 0.00856. The molecule has 0 fully saturated rings. The second kappa shape index (κ2) is 9.36. The van der Waals surface area contributed by atoms with Gasteiger partial charge in [-0.1, -0.05) is 98.6 Å². The Hall–Kier alpha value is -3.46. The van der Waals surface area contributed by atoms with E-state index in [1.807, 2.05) is 78.9 Å². The second-order valence-electron chi connectivity index (χ2n) is 7.52. The SMILES string of the molecule is CCCCC(NC(=O)c1cc(-c2ccccc2)nc2ccccc12)c1ccccc1. The third-order valence-corrected chi connectivity index (χ3v) is 5.38. The Kier molecular flexibility index (Phi) is 6.19. The first kappa shape index (κ1) is 19.8. The highest BCUT2D eigenvalue weighted by Crippen LogP contribution is 2.26. The quantitative estimate of drug-likeness (QED) is 0.385. The van der Waals surface area contributed by atoms with E-state index in [-0.39, 0.29) is 11.9 Å². The van der Waals surface area contributed by atoms with E-state index in [0.717, 1.165) is 47.0 Å². The van der Waals surface area contributed by atoms with Crippen molar-refractivity contribution in [1.82, 2.24) is 10.3 Å². The molecule has 3 heteroatoms. The number of carbonyl (C=O) groups is 1. The van der Waals surface area contributed by atoms with Gasteiger partial charge in [0.15, 0.2) is 0 Å². The summed E-state index contributed by atoms with van der Waals surface area (Å²) in [5.74, 6) is -0.0595. The topological polar surface area (TPSA) is 42.0 Å². The van der Waals surface area contributed by atoms with Crippen molar-refractivity contribution in [3.63, 3.8) is 0 Å². The maximum atomic E-state index is 13.5. The van der Waals surface area contributed by atoms with Crippen molar-refractivity contribution >= 4 is 16.8 Å². The molecule has 150 valence electrons. The summed E-state index contributed by atoms with van der Waals surface area (Å²) in [5.41, 5.74) is 4.44. The molecule has 0 aliphatic rings. The van der Waals surface area contributed by atoms with E-state index in [0.29, 0.717) is 5.56 Å². The standard InChI is InChI=1S/C27H26N2O/c1-2-3-17-24(20-12-6-4-7-13-20)29-27(30)23-19-26(21-14-8-5-9-15-21)28-25-18-11-10-16-22(23)25/h4-16,18-19,24H,2-3,17H2,1H3,(H,29,30). The van der Waals surface area contributed by atoms with Crippen LogP contribution < -0.4 is 5.32 Å². The molecule has 1 N–H and O–H groups in total. The number of para-hydroxylation sites is 1. The number of hydrogen-bond donors (Lipinski definition) is 1. The lowest BCUT2D eigenvalue weighted by Crippen LogP contribution is -2.29. The first-order valence-electron chi connectivity index (χ1n) is 10.6.